The van der Waals surface area contributed by atoms with E-state index in [0.717, 1.165) is 26.0 Å². The summed E-state index contributed by atoms with van der Waals surface area (Å²) in [6.45, 7) is 4.84. The van der Waals surface area contributed by atoms with Crippen molar-refractivity contribution in [1.29, 1.82) is 0 Å². The third kappa shape index (κ3) is 4.30. The van der Waals surface area contributed by atoms with Crippen molar-refractivity contribution in [2.45, 2.75) is 23.9 Å². The van der Waals surface area contributed by atoms with Gasteiger partial charge in [0.25, 0.3) is 5.91 Å². The Balaban J connectivity index is 1.65. The highest BCUT2D eigenvalue weighted by Gasteiger charge is 2.09. The van der Waals surface area contributed by atoms with Gasteiger partial charge in [0.15, 0.2) is 4.34 Å². The zero-order valence-corrected chi connectivity index (χ0v) is 15.2. The van der Waals surface area contributed by atoms with E-state index in [1.54, 1.807) is 29.3 Å². The van der Waals surface area contributed by atoms with Crippen molar-refractivity contribution in [2.75, 3.05) is 6.54 Å². The molecule has 1 aromatic carbocycles. The highest BCUT2D eigenvalue weighted by molar-refractivity contribution is 8.00. The van der Waals surface area contributed by atoms with Crippen molar-refractivity contribution in [1.82, 2.24) is 20.3 Å². The predicted octanol–water partition coefficient (Wildman–Crippen LogP) is 3.76. The Kier molecular flexibility index (Phi) is 5.42. The van der Waals surface area contributed by atoms with Crippen LogP contribution in [0.3, 0.4) is 0 Å². The largest absolute Gasteiger partial charge is 0.352 e. The van der Waals surface area contributed by atoms with Gasteiger partial charge in [0, 0.05) is 17.9 Å². The minimum atomic E-state index is -0.0224. The number of benzene rings is 1. The van der Waals surface area contributed by atoms with Crippen LogP contribution < -0.4 is 5.32 Å². The van der Waals surface area contributed by atoms with Crippen molar-refractivity contribution < 1.29 is 4.79 Å². The maximum absolute atomic E-state index is 12.1. The van der Waals surface area contributed by atoms with Crippen LogP contribution in [0.25, 0.3) is 10.3 Å². The molecule has 7 heteroatoms. The van der Waals surface area contributed by atoms with E-state index >= 15 is 0 Å². The highest BCUT2D eigenvalue weighted by Crippen LogP contribution is 2.30. The molecule has 0 aliphatic heterocycles. The van der Waals surface area contributed by atoms with E-state index in [2.05, 4.69) is 34.1 Å². The number of thioether (sulfide) groups is 1. The quantitative estimate of drug-likeness (QED) is 0.680. The zero-order valence-electron chi connectivity index (χ0n) is 13.5. The predicted molar refractivity (Wildman–Crippen MR) is 98.4 cm³/mol. The smallest absolute Gasteiger partial charge is 0.251 e. The lowest BCUT2D eigenvalue weighted by Gasteiger charge is -2.08. The summed E-state index contributed by atoms with van der Waals surface area (Å²) < 4.78 is 0.958. The monoisotopic (exact) mass is 358 g/mol. The van der Waals surface area contributed by atoms with Gasteiger partial charge in [-0.15, -0.1) is 0 Å². The highest BCUT2D eigenvalue weighted by atomic mass is 32.2. The molecule has 5 nitrogen and oxygen atoms in total. The van der Waals surface area contributed by atoms with Crippen LogP contribution in [-0.2, 0) is 5.75 Å². The summed E-state index contributed by atoms with van der Waals surface area (Å²) in [5.74, 6) is 1.18. The third-order valence-electron chi connectivity index (χ3n) is 3.28. The normalized spacial score (nSPS) is 11.1. The second-order valence-electron chi connectivity index (χ2n) is 5.79. The van der Waals surface area contributed by atoms with Gasteiger partial charge in [0.1, 0.15) is 16.7 Å². The van der Waals surface area contributed by atoms with Gasteiger partial charge in [0.05, 0.1) is 6.20 Å². The summed E-state index contributed by atoms with van der Waals surface area (Å²) in [7, 11) is 0. The summed E-state index contributed by atoms with van der Waals surface area (Å²) in [6, 6.07) is 7.73. The number of fused-ring (bicyclic) bond motifs is 1. The van der Waals surface area contributed by atoms with Crippen LogP contribution in [0.1, 0.15) is 29.8 Å². The number of amides is 1. The number of carbonyl (C=O) groups excluding carboxylic acids is 1. The molecule has 3 rings (SSSR count). The molecule has 0 aliphatic rings. The molecule has 0 spiro atoms. The van der Waals surface area contributed by atoms with Crippen LogP contribution in [0.2, 0.25) is 0 Å². The number of thiazole rings is 1. The lowest BCUT2D eigenvalue weighted by molar-refractivity contribution is 0.0949. The van der Waals surface area contributed by atoms with Crippen LogP contribution in [0.4, 0.5) is 0 Å². The second kappa shape index (κ2) is 7.72. The summed E-state index contributed by atoms with van der Waals surface area (Å²) >= 11 is 3.21. The van der Waals surface area contributed by atoms with E-state index in [1.165, 1.54) is 6.33 Å². The minimum absolute atomic E-state index is 0.0224. The SMILES string of the molecule is CC(C)CNC(=O)c1cccc(CSc2nc3cncnc3s2)c1. The van der Waals surface area contributed by atoms with Crippen LogP contribution >= 0.6 is 23.1 Å². The molecule has 3 aromatic rings. The summed E-state index contributed by atoms with van der Waals surface area (Å²) in [5, 5.41) is 2.95. The standard InChI is InChI=1S/C17H18N4OS2/c1-11(2)7-19-15(22)13-5-3-4-12(6-13)9-23-17-21-14-8-18-10-20-16(14)24-17/h3-6,8,10-11H,7,9H2,1-2H3,(H,19,22). The number of hydrogen-bond donors (Lipinski definition) is 1. The average molecular weight is 358 g/mol. The van der Waals surface area contributed by atoms with Crippen molar-refractivity contribution in [3.05, 3.63) is 47.9 Å². The molecule has 24 heavy (non-hydrogen) atoms. The Labute approximate surface area is 148 Å². The molecule has 0 saturated carbocycles. The van der Waals surface area contributed by atoms with Gasteiger partial charge in [-0.2, -0.15) is 0 Å². The van der Waals surface area contributed by atoms with Gasteiger partial charge >= 0.3 is 0 Å². The summed E-state index contributed by atoms with van der Waals surface area (Å²) in [4.78, 5) is 25.8. The molecule has 1 N–H and O–H groups in total. The van der Waals surface area contributed by atoms with E-state index in [4.69, 9.17) is 0 Å². The van der Waals surface area contributed by atoms with Gasteiger partial charge in [0.2, 0.25) is 0 Å². The fourth-order valence-electron chi connectivity index (χ4n) is 2.08. The molecule has 2 aromatic heterocycles. The first-order valence-electron chi connectivity index (χ1n) is 7.68. The molecular formula is C17H18N4OS2. The minimum Gasteiger partial charge on any atom is -0.352 e. The first-order valence-corrected chi connectivity index (χ1v) is 9.48. The van der Waals surface area contributed by atoms with Gasteiger partial charge in [-0.1, -0.05) is 49.1 Å². The third-order valence-corrected chi connectivity index (χ3v) is 5.47. The van der Waals surface area contributed by atoms with Gasteiger partial charge in [-0.05, 0) is 23.6 Å². The van der Waals surface area contributed by atoms with Crippen LogP contribution in [0, 0.1) is 5.92 Å². The Morgan fingerprint density at radius 1 is 1.38 bits per heavy atom. The zero-order chi connectivity index (χ0) is 16.9. The molecular weight excluding hydrogens is 340 g/mol. The summed E-state index contributed by atoms with van der Waals surface area (Å²) in [5.41, 5.74) is 2.62. The summed E-state index contributed by atoms with van der Waals surface area (Å²) in [6.07, 6.45) is 3.26. The maximum Gasteiger partial charge on any atom is 0.251 e. The molecule has 0 fully saturated rings. The van der Waals surface area contributed by atoms with E-state index in [1.807, 2.05) is 24.3 Å². The fourth-order valence-corrected chi connectivity index (χ4v) is 3.97. The number of nitrogens with one attached hydrogen (secondary N) is 1. The number of rotatable bonds is 6. The Morgan fingerprint density at radius 2 is 2.25 bits per heavy atom. The molecule has 0 atom stereocenters. The molecule has 0 bridgehead atoms. The van der Waals surface area contributed by atoms with Gasteiger partial charge < -0.3 is 5.32 Å². The Bertz CT molecular complexity index is 814. The van der Waals surface area contributed by atoms with Crippen molar-refractivity contribution in [3.63, 3.8) is 0 Å². The molecule has 0 aliphatic carbocycles. The van der Waals surface area contributed by atoms with E-state index in [0.29, 0.717) is 18.0 Å². The van der Waals surface area contributed by atoms with Crippen LogP contribution in [0.5, 0.6) is 0 Å². The van der Waals surface area contributed by atoms with Gasteiger partial charge in [-0.25, -0.2) is 15.0 Å². The first-order chi connectivity index (χ1) is 11.6. The van der Waals surface area contributed by atoms with Crippen molar-refractivity contribution in [3.8, 4) is 0 Å². The number of nitrogens with zero attached hydrogens (tertiary/aromatic N) is 3. The van der Waals surface area contributed by atoms with Gasteiger partial charge in [-0.3, -0.25) is 4.79 Å². The molecule has 2 heterocycles. The fraction of sp³-hybridized carbons (Fsp3) is 0.294. The average Bonchev–Trinajstić information content (AvgIpc) is 3.01. The Morgan fingerprint density at radius 3 is 3.04 bits per heavy atom. The van der Waals surface area contributed by atoms with Crippen molar-refractivity contribution in [2.24, 2.45) is 5.92 Å². The van der Waals surface area contributed by atoms with Crippen LogP contribution in [0.15, 0.2) is 41.1 Å². The Hall–Kier alpha value is -1.99. The molecule has 0 radical (unpaired) electrons. The van der Waals surface area contributed by atoms with Crippen molar-refractivity contribution >= 4 is 39.4 Å². The van der Waals surface area contributed by atoms with Crippen LogP contribution in [-0.4, -0.2) is 27.4 Å². The number of aromatic nitrogens is 3. The van der Waals surface area contributed by atoms with E-state index < -0.39 is 0 Å². The lowest BCUT2D eigenvalue weighted by atomic mass is 10.1. The lowest BCUT2D eigenvalue weighted by Crippen LogP contribution is -2.27. The first kappa shape index (κ1) is 16.9. The molecule has 0 saturated heterocycles. The molecule has 1 amide bonds. The number of carbonyl (C=O) groups is 1. The second-order valence-corrected chi connectivity index (χ2v) is 7.99. The topological polar surface area (TPSA) is 67.8 Å². The maximum atomic E-state index is 12.1. The van der Waals surface area contributed by atoms with E-state index in [-0.39, 0.29) is 5.91 Å². The van der Waals surface area contributed by atoms with E-state index in [9.17, 15) is 4.79 Å². The number of hydrogen-bond acceptors (Lipinski definition) is 6. The molecule has 124 valence electrons. The molecule has 0 unspecified atom stereocenters.